The smallest absolute Gasteiger partial charge is 0.269 e. The molecule has 56 heavy (non-hydrogen) atoms. The van der Waals surface area contributed by atoms with E-state index in [4.69, 9.17) is 9.47 Å². The number of pyridine rings is 1. The zero-order valence-electron chi connectivity index (χ0n) is 30.1. The van der Waals surface area contributed by atoms with E-state index in [2.05, 4.69) is 24.9 Å². The topological polar surface area (TPSA) is 167 Å². The molecule has 0 amide bonds. The molecule has 8 aromatic rings. The van der Waals surface area contributed by atoms with Crippen molar-refractivity contribution in [1.82, 2.24) is 34.1 Å². The fraction of sp³-hybridized carbons (Fsp3) is 0.0465. The largest absolute Gasteiger partial charge is 0.504 e. The number of methoxy groups -OCH3 is 2. The van der Waals surface area contributed by atoms with Crippen molar-refractivity contribution in [2.75, 3.05) is 14.2 Å². The molecule has 0 fully saturated rings. The molecule has 8 rings (SSSR count). The third-order valence-corrected chi connectivity index (χ3v) is 8.62. The van der Waals surface area contributed by atoms with Crippen LogP contribution in [0.1, 0.15) is 22.8 Å². The van der Waals surface area contributed by atoms with Gasteiger partial charge < -0.3 is 19.7 Å². The standard InChI is InChI=1S/C22H17N3O3.C21H16N4O3/c1-28-19-9-5-6-15(21(19)26)10-11-20-24-18-12-13-23-14-17(18)22(27)25(20)16-7-3-2-4-8-16;1-28-17-9-5-6-14(19(17)26)10-11-18-24-20-16(12-22-13-23-20)21(27)25(18)15-7-3-2-4-8-15/h2-14,26H,1H3;2-13,26H,1H3/b2*11-10+. The van der Waals surface area contributed by atoms with Crippen LogP contribution in [0.15, 0.2) is 138 Å². The molecule has 4 heterocycles. The number of phenolic OH excluding ortho intramolecular Hbond substituents is 2. The van der Waals surface area contributed by atoms with Crippen molar-refractivity contribution >= 4 is 46.2 Å². The lowest BCUT2D eigenvalue weighted by molar-refractivity contribution is 0.373. The maximum absolute atomic E-state index is 13.1. The van der Waals surface area contributed by atoms with E-state index in [1.54, 1.807) is 73.0 Å². The third-order valence-electron chi connectivity index (χ3n) is 8.62. The molecular formula is C43H33N7O6. The SMILES string of the molecule is COc1cccc(/C=C/c2nc3ccncc3c(=O)n2-c2ccccc2)c1O.COc1cccc(/C=C/c2nc3ncncc3c(=O)n2-c2ccccc2)c1O. The molecular weight excluding hydrogens is 711 g/mol. The highest BCUT2D eigenvalue weighted by molar-refractivity contribution is 5.80. The highest BCUT2D eigenvalue weighted by Gasteiger charge is 2.14. The second-order valence-corrected chi connectivity index (χ2v) is 12.0. The number of phenols is 2. The van der Waals surface area contributed by atoms with E-state index in [1.807, 2.05) is 60.7 Å². The normalized spacial score (nSPS) is 11.2. The quantitative estimate of drug-likeness (QED) is 0.169. The predicted molar refractivity (Wildman–Crippen MR) is 215 cm³/mol. The first-order chi connectivity index (χ1) is 27.4. The molecule has 0 unspecified atom stereocenters. The van der Waals surface area contributed by atoms with Crippen LogP contribution in [0, 0.1) is 0 Å². The van der Waals surface area contributed by atoms with Gasteiger partial charge in [0.2, 0.25) is 0 Å². The Kier molecular flexibility index (Phi) is 10.7. The van der Waals surface area contributed by atoms with Gasteiger partial charge in [-0.05, 0) is 66.8 Å². The molecule has 0 saturated heterocycles. The number of para-hydroxylation sites is 4. The minimum atomic E-state index is -0.272. The number of fused-ring (bicyclic) bond motifs is 2. The summed E-state index contributed by atoms with van der Waals surface area (Å²) in [5.41, 5.74) is 2.84. The van der Waals surface area contributed by atoms with Crippen LogP contribution in [0.25, 0.3) is 57.6 Å². The molecule has 0 aliphatic heterocycles. The van der Waals surface area contributed by atoms with Crippen LogP contribution in [0.4, 0.5) is 0 Å². The van der Waals surface area contributed by atoms with Crippen molar-refractivity contribution in [3.8, 4) is 34.4 Å². The number of nitrogens with zero attached hydrogens (tertiary/aromatic N) is 7. The Balaban J connectivity index is 0.000000172. The maximum atomic E-state index is 13.1. The average molecular weight is 744 g/mol. The summed E-state index contributed by atoms with van der Waals surface area (Å²) >= 11 is 0. The molecule has 0 atom stereocenters. The first kappa shape index (κ1) is 36.4. The first-order valence-electron chi connectivity index (χ1n) is 17.2. The molecule has 0 radical (unpaired) electrons. The second kappa shape index (κ2) is 16.4. The maximum Gasteiger partial charge on any atom is 0.269 e. The van der Waals surface area contributed by atoms with Gasteiger partial charge in [-0.2, -0.15) is 0 Å². The molecule has 13 heteroatoms. The number of rotatable bonds is 8. The van der Waals surface area contributed by atoms with Crippen molar-refractivity contribution in [1.29, 1.82) is 0 Å². The van der Waals surface area contributed by atoms with Crippen LogP contribution in [-0.4, -0.2) is 58.5 Å². The zero-order valence-corrected chi connectivity index (χ0v) is 30.1. The Hall–Kier alpha value is -7.93. The summed E-state index contributed by atoms with van der Waals surface area (Å²) in [6.07, 6.45) is 12.7. The molecule has 13 nitrogen and oxygen atoms in total. The van der Waals surface area contributed by atoms with Gasteiger partial charge in [0, 0.05) is 29.7 Å². The third kappa shape index (κ3) is 7.45. The number of hydrogen-bond donors (Lipinski definition) is 2. The second-order valence-electron chi connectivity index (χ2n) is 12.0. The van der Waals surface area contributed by atoms with E-state index in [0.717, 1.165) is 0 Å². The minimum Gasteiger partial charge on any atom is -0.504 e. The van der Waals surface area contributed by atoms with Crippen molar-refractivity contribution < 1.29 is 19.7 Å². The van der Waals surface area contributed by atoms with Gasteiger partial charge in [-0.15, -0.1) is 0 Å². The van der Waals surface area contributed by atoms with Crippen molar-refractivity contribution in [2.45, 2.75) is 0 Å². The van der Waals surface area contributed by atoms with E-state index in [0.29, 0.717) is 67.6 Å². The van der Waals surface area contributed by atoms with E-state index >= 15 is 0 Å². The van der Waals surface area contributed by atoms with Gasteiger partial charge in [0.05, 0.1) is 36.5 Å². The van der Waals surface area contributed by atoms with Crippen LogP contribution < -0.4 is 20.6 Å². The summed E-state index contributed by atoms with van der Waals surface area (Å²) in [5.74, 6) is 1.60. The van der Waals surface area contributed by atoms with Gasteiger partial charge in [-0.25, -0.2) is 19.9 Å². The first-order valence-corrected chi connectivity index (χ1v) is 17.2. The van der Waals surface area contributed by atoms with E-state index in [9.17, 15) is 19.8 Å². The van der Waals surface area contributed by atoms with Gasteiger partial charge >= 0.3 is 0 Å². The van der Waals surface area contributed by atoms with Crippen molar-refractivity contribution in [2.24, 2.45) is 0 Å². The number of benzene rings is 4. The monoisotopic (exact) mass is 743 g/mol. The summed E-state index contributed by atoms with van der Waals surface area (Å²) in [5, 5.41) is 21.4. The lowest BCUT2D eigenvalue weighted by Gasteiger charge is -2.11. The molecule has 2 N–H and O–H groups in total. The average Bonchev–Trinajstić information content (AvgIpc) is 3.24. The zero-order chi connectivity index (χ0) is 39.0. The Morgan fingerprint density at radius 1 is 0.571 bits per heavy atom. The predicted octanol–water partition coefficient (Wildman–Crippen LogP) is 6.73. The van der Waals surface area contributed by atoms with E-state index < -0.39 is 0 Å². The summed E-state index contributed by atoms with van der Waals surface area (Å²) < 4.78 is 13.3. The minimum absolute atomic E-state index is 0.0120. The summed E-state index contributed by atoms with van der Waals surface area (Å²) in [6.45, 7) is 0. The summed E-state index contributed by atoms with van der Waals surface area (Å²) in [4.78, 5) is 47.4. The molecule has 0 saturated carbocycles. The molecule has 4 aromatic carbocycles. The fourth-order valence-electron chi connectivity index (χ4n) is 5.88. The van der Waals surface area contributed by atoms with Gasteiger partial charge in [-0.1, -0.05) is 60.7 Å². The number of hydrogen-bond acceptors (Lipinski definition) is 11. The van der Waals surface area contributed by atoms with Crippen LogP contribution in [0.5, 0.6) is 23.0 Å². The van der Waals surface area contributed by atoms with Crippen LogP contribution in [-0.2, 0) is 0 Å². The molecule has 276 valence electrons. The highest BCUT2D eigenvalue weighted by atomic mass is 16.5. The Labute approximate surface area is 319 Å². The van der Waals surface area contributed by atoms with Gasteiger partial charge in [0.15, 0.2) is 28.6 Å². The van der Waals surface area contributed by atoms with Crippen LogP contribution in [0.2, 0.25) is 0 Å². The Morgan fingerprint density at radius 3 is 1.64 bits per heavy atom. The van der Waals surface area contributed by atoms with E-state index in [-0.39, 0.29) is 22.6 Å². The molecule has 0 aliphatic rings. The van der Waals surface area contributed by atoms with Crippen molar-refractivity contribution in [3.63, 3.8) is 0 Å². The molecule has 0 bridgehead atoms. The number of ether oxygens (including phenoxy) is 2. The van der Waals surface area contributed by atoms with Gasteiger partial charge in [0.1, 0.15) is 23.4 Å². The van der Waals surface area contributed by atoms with Gasteiger partial charge in [0.25, 0.3) is 11.1 Å². The van der Waals surface area contributed by atoms with Crippen LogP contribution >= 0.6 is 0 Å². The molecule has 0 spiro atoms. The number of aromatic nitrogens is 7. The summed E-state index contributed by atoms with van der Waals surface area (Å²) in [6, 6.07) is 30.5. The highest BCUT2D eigenvalue weighted by Crippen LogP contribution is 2.32. The van der Waals surface area contributed by atoms with Crippen molar-refractivity contribution in [3.05, 3.63) is 172 Å². The Morgan fingerprint density at radius 2 is 1.09 bits per heavy atom. The lowest BCUT2D eigenvalue weighted by atomic mass is 10.1. The summed E-state index contributed by atoms with van der Waals surface area (Å²) in [7, 11) is 2.98. The molecule has 4 aromatic heterocycles. The van der Waals surface area contributed by atoms with Crippen LogP contribution in [0.3, 0.4) is 0 Å². The Bertz CT molecular complexity index is 2660. The van der Waals surface area contributed by atoms with E-state index in [1.165, 1.54) is 42.1 Å². The van der Waals surface area contributed by atoms with Gasteiger partial charge in [-0.3, -0.25) is 23.7 Å². The number of aromatic hydroxyl groups is 2. The molecule has 0 aliphatic carbocycles. The fourth-order valence-corrected chi connectivity index (χ4v) is 5.88. The lowest BCUT2D eigenvalue weighted by Crippen LogP contribution is -2.22.